The lowest BCUT2D eigenvalue weighted by molar-refractivity contribution is 0.0693. The molecule has 90 valence electrons. The zero-order valence-electron chi connectivity index (χ0n) is 9.44. The maximum atomic E-state index is 11.1. The van der Waals surface area contributed by atoms with Gasteiger partial charge in [-0.15, -0.1) is 0 Å². The summed E-state index contributed by atoms with van der Waals surface area (Å²) in [6, 6.07) is 3.25. The number of rotatable bonds is 3. The molecular formula is C11H12ClN3O2. The minimum absolute atomic E-state index is 0.0405. The Morgan fingerprint density at radius 1 is 1.59 bits per heavy atom. The lowest BCUT2D eigenvalue weighted by atomic mass is 10.3. The van der Waals surface area contributed by atoms with Gasteiger partial charge in [0.15, 0.2) is 5.69 Å². The minimum atomic E-state index is -1.04. The number of carboxylic acids is 1. The number of carboxylic acid groups (broad SMARTS) is 1. The van der Waals surface area contributed by atoms with E-state index in [1.54, 1.807) is 29.8 Å². The highest BCUT2D eigenvalue weighted by Gasteiger charge is 2.19. The van der Waals surface area contributed by atoms with E-state index in [1.807, 2.05) is 6.92 Å². The molecule has 0 aromatic carbocycles. The number of hydrogen-bond donors (Lipinski definition) is 2. The lowest BCUT2D eigenvalue weighted by Crippen LogP contribution is -2.15. The molecule has 2 N–H and O–H groups in total. The summed E-state index contributed by atoms with van der Waals surface area (Å²) in [5, 5.41) is 12.7. The van der Waals surface area contributed by atoms with Gasteiger partial charge in [-0.2, -0.15) is 0 Å². The second kappa shape index (κ2) is 4.35. The maximum absolute atomic E-state index is 11.1. The summed E-state index contributed by atoms with van der Waals surface area (Å²) in [4.78, 5) is 15.2. The Morgan fingerprint density at radius 3 is 2.88 bits per heavy atom. The van der Waals surface area contributed by atoms with Gasteiger partial charge in [0, 0.05) is 6.20 Å². The minimum Gasteiger partial charge on any atom is -0.476 e. The van der Waals surface area contributed by atoms with E-state index in [2.05, 4.69) is 10.3 Å². The molecule has 0 saturated heterocycles. The number of nitrogens with one attached hydrogen (secondary N) is 1. The number of fused-ring (bicyclic) bond motifs is 1. The van der Waals surface area contributed by atoms with Crippen LogP contribution in [-0.2, 0) is 0 Å². The largest absolute Gasteiger partial charge is 0.476 e. The molecule has 1 atom stereocenters. The van der Waals surface area contributed by atoms with Crippen LogP contribution in [0.1, 0.15) is 29.3 Å². The molecule has 17 heavy (non-hydrogen) atoms. The summed E-state index contributed by atoms with van der Waals surface area (Å²) in [7, 11) is 1.79. The molecule has 2 rings (SSSR count). The highest BCUT2D eigenvalue weighted by atomic mass is 35.5. The van der Waals surface area contributed by atoms with Gasteiger partial charge in [-0.3, -0.25) is 0 Å². The molecule has 0 aliphatic rings. The van der Waals surface area contributed by atoms with Gasteiger partial charge in [0.1, 0.15) is 5.82 Å². The average Bonchev–Trinajstić information content (AvgIpc) is 2.66. The lowest BCUT2D eigenvalue weighted by Gasteiger charge is -2.08. The van der Waals surface area contributed by atoms with E-state index in [0.29, 0.717) is 16.4 Å². The molecule has 0 aliphatic carbocycles. The Morgan fingerprint density at radius 2 is 2.29 bits per heavy atom. The van der Waals surface area contributed by atoms with E-state index < -0.39 is 5.97 Å². The van der Waals surface area contributed by atoms with Crippen molar-refractivity contribution in [2.24, 2.45) is 0 Å². The SMILES string of the molecule is CNC(C)c1nc(C(=O)O)c2ccc(Cl)cn12. The Labute approximate surface area is 103 Å². The van der Waals surface area contributed by atoms with Gasteiger partial charge in [-0.05, 0) is 26.1 Å². The molecular weight excluding hydrogens is 242 g/mol. The van der Waals surface area contributed by atoms with Crippen LogP contribution < -0.4 is 5.32 Å². The van der Waals surface area contributed by atoms with Crippen LogP contribution in [0.5, 0.6) is 0 Å². The molecule has 2 heterocycles. The highest BCUT2D eigenvalue weighted by molar-refractivity contribution is 6.30. The van der Waals surface area contributed by atoms with E-state index in [-0.39, 0.29) is 11.7 Å². The third-order valence-corrected chi connectivity index (χ3v) is 2.87. The van der Waals surface area contributed by atoms with Crippen molar-refractivity contribution in [1.82, 2.24) is 14.7 Å². The molecule has 0 saturated carbocycles. The van der Waals surface area contributed by atoms with Gasteiger partial charge in [0.05, 0.1) is 16.6 Å². The van der Waals surface area contributed by atoms with Crippen molar-refractivity contribution in [2.75, 3.05) is 7.05 Å². The predicted molar refractivity (Wildman–Crippen MR) is 64.6 cm³/mol. The van der Waals surface area contributed by atoms with Crippen molar-refractivity contribution in [3.05, 3.63) is 34.9 Å². The van der Waals surface area contributed by atoms with Crippen LogP contribution in [0.15, 0.2) is 18.3 Å². The molecule has 0 radical (unpaired) electrons. The maximum Gasteiger partial charge on any atom is 0.356 e. The first-order valence-corrected chi connectivity index (χ1v) is 5.50. The fourth-order valence-corrected chi connectivity index (χ4v) is 1.84. The second-order valence-corrected chi connectivity index (χ2v) is 4.17. The zero-order chi connectivity index (χ0) is 12.6. The molecule has 0 amide bonds. The molecule has 0 aliphatic heterocycles. The Kier molecular flexibility index (Phi) is 3.04. The van der Waals surface area contributed by atoms with Crippen LogP contribution in [-0.4, -0.2) is 27.5 Å². The first kappa shape index (κ1) is 11.9. The van der Waals surface area contributed by atoms with Crippen molar-refractivity contribution >= 4 is 23.1 Å². The number of nitrogens with zero attached hydrogens (tertiary/aromatic N) is 2. The van der Waals surface area contributed by atoms with Crippen molar-refractivity contribution in [3.8, 4) is 0 Å². The van der Waals surface area contributed by atoms with Crippen LogP contribution in [0, 0.1) is 0 Å². The molecule has 6 heteroatoms. The molecule has 1 unspecified atom stereocenters. The van der Waals surface area contributed by atoms with Gasteiger partial charge in [-0.1, -0.05) is 11.6 Å². The topological polar surface area (TPSA) is 66.6 Å². The summed E-state index contributed by atoms with van der Waals surface area (Å²) in [6.45, 7) is 1.90. The summed E-state index contributed by atoms with van der Waals surface area (Å²) >= 11 is 5.91. The first-order chi connectivity index (χ1) is 8.04. The number of imidazole rings is 1. The molecule has 5 nitrogen and oxygen atoms in total. The van der Waals surface area contributed by atoms with E-state index in [4.69, 9.17) is 16.7 Å². The molecule has 0 bridgehead atoms. The summed E-state index contributed by atoms with van der Waals surface area (Å²) in [6.07, 6.45) is 1.67. The van der Waals surface area contributed by atoms with Crippen molar-refractivity contribution in [2.45, 2.75) is 13.0 Å². The monoisotopic (exact) mass is 253 g/mol. The Balaban J connectivity index is 2.75. The molecule has 2 aromatic rings. The normalized spacial score (nSPS) is 12.9. The van der Waals surface area contributed by atoms with Crippen LogP contribution in [0.3, 0.4) is 0 Å². The van der Waals surface area contributed by atoms with Crippen LogP contribution >= 0.6 is 11.6 Å². The number of pyridine rings is 1. The molecule has 0 fully saturated rings. The number of aromatic carboxylic acids is 1. The van der Waals surface area contributed by atoms with Crippen molar-refractivity contribution in [3.63, 3.8) is 0 Å². The van der Waals surface area contributed by atoms with E-state index in [0.717, 1.165) is 0 Å². The Hall–Kier alpha value is -1.59. The van der Waals surface area contributed by atoms with E-state index >= 15 is 0 Å². The fourth-order valence-electron chi connectivity index (χ4n) is 1.67. The van der Waals surface area contributed by atoms with Crippen LogP contribution in [0.4, 0.5) is 0 Å². The van der Waals surface area contributed by atoms with Crippen LogP contribution in [0.25, 0.3) is 5.52 Å². The zero-order valence-corrected chi connectivity index (χ0v) is 10.2. The third-order valence-electron chi connectivity index (χ3n) is 2.65. The second-order valence-electron chi connectivity index (χ2n) is 3.74. The number of carbonyl (C=O) groups is 1. The number of halogens is 1. The Bertz CT molecular complexity index is 579. The quantitative estimate of drug-likeness (QED) is 0.878. The highest BCUT2D eigenvalue weighted by Crippen LogP contribution is 2.21. The van der Waals surface area contributed by atoms with Gasteiger partial charge in [0.25, 0.3) is 0 Å². The number of aromatic nitrogens is 2. The average molecular weight is 254 g/mol. The molecule has 0 spiro atoms. The van der Waals surface area contributed by atoms with Gasteiger partial charge >= 0.3 is 5.97 Å². The predicted octanol–water partition coefficient (Wildman–Crippen LogP) is 1.97. The summed E-state index contributed by atoms with van der Waals surface area (Å²) < 4.78 is 1.70. The van der Waals surface area contributed by atoms with Gasteiger partial charge in [-0.25, -0.2) is 9.78 Å². The molecule has 2 aromatic heterocycles. The van der Waals surface area contributed by atoms with Crippen molar-refractivity contribution < 1.29 is 9.90 Å². The fraction of sp³-hybridized carbons (Fsp3) is 0.273. The van der Waals surface area contributed by atoms with Gasteiger partial charge < -0.3 is 14.8 Å². The summed E-state index contributed by atoms with van der Waals surface area (Å²) in [5.41, 5.74) is 0.581. The smallest absolute Gasteiger partial charge is 0.356 e. The van der Waals surface area contributed by atoms with E-state index in [9.17, 15) is 4.79 Å². The standard InChI is InChI=1S/C11H12ClN3O2/c1-6(13-2)10-14-9(11(16)17)8-4-3-7(12)5-15(8)10/h3-6,13H,1-2H3,(H,16,17). The first-order valence-electron chi connectivity index (χ1n) is 5.12. The van der Waals surface area contributed by atoms with Crippen molar-refractivity contribution in [1.29, 1.82) is 0 Å². The summed E-state index contributed by atoms with van der Waals surface area (Å²) in [5.74, 6) is -0.415. The van der Waals surface area contributed by atoms with E-state index in [1.165, 1.54) is 0 Å². The number of hydrogen-bond acceptors (Lipinski definition) is 3. The van der Waals surface area contributed by atoms with Gasteiger partial charge in [0.2, 0.25) is 0 Å². The third kappa shape index (κ3) is 1.99. The van der Waals surface area contributed by atoms with Crippen LogP contribution in [0.2, 0.25) is 5.02 Å².